The zero-order valence-corrected chi connectivity index (χ0v) is 9.68. The number of rotatable bonds is 2. The van der Waals surface area contributed by atoms with Gasteiger partial charge in [0.2, 0.25) is 6.79 Å². The highest BCUT2D eigenvalue weighted by Gasteiger charge is 2.24. The Hall–Kier alpha value is -1.95. The van der Waals surface area contributed by atoms with Crippen molar-refractivity contribution in [3.63, 3.8) is 0 Å². The fraction of sp³-hybridized carbons (Fsp3) is 0.417. The van der Waals surface area contributed by atoms with E-state index in [1.54, 1.807) is 12.1 Å². The minimum Gasteiger partial charge on any atom is -0.456 e. The number of carbonyl (C=O) groups excluding carboxylic acids is 1. The first-order valence-corrected chi connectivity index (χ1v) is 5.72. The molecule has 0 spiro atoms. The van der Waals surface area contributed by atoms with Crippen LogP contribution >= 0.6 is 0 Å². The van der Waals surface area contributed by atoms with Crippen LogP contribution in [0, 0.1) is 0 Å². The molecule has 0 amide bonds. The van der Waals surface area contributed by atoms with Gasteiger partial charge in [0, 0.05) is 18.6 Å². The van der Waals surface area contributed by atoms with E-state index in [0.29, 0.717) is 36.0 Å². The Labute approximate surface area is 104 Å². The fourth-order valence-corrected chi connectivity index (χ4v) is 1.96. The van der Waals surface area contributed by atoms with Gasteiger partial charge in [-0.2, -0.15) is 0 Å². The highest BCUT2D eigenvalue weighted by molar-refractivity contribution is 5.96. The second kappa shape index (κ2) is 4.38. The lowest BCUT2D eigenvalue weighted by molar-refractivity contribution is 0.0271. The molecule has 1 saturated heterocycles. The molecule has 2 aliphatic heterocycles. The summed E-state index contributed by atoms with van der Waals surface area (Å²) >= 11 is 0. The number of nitrogen functional groups attached to an aromatic ring is 1. The van der Waals surface area contributed by atoms with Crippen LogP contribution in [0.1, 0.15) is 16.8 Å². The first-order valence-electron chi connectivity index (χ1n) is 5.72. The van der Waals surface area contributed by atoms with Crippen LogP contribution in [0.2, 0.25) is 0 Å². The summed E-state index contributed by atoms with van der Waals surface area (Å²) in [6.07, 6.45) is 0.526. The van der Waals surface area contributed by atoms with E-state index in [1.165, 1.54) is 0 Å². The van der Waals surface area contributed by atoms with Crippen molar-refractivity contribution in [3.8, 4) is 11.5 Å². The van der Waals surface area contributed by atoms with Crippen molar-refractivity contribution in [1.82, 2.24) is 0 Å². The first kappa shape index (κ1) is 11.2. The van der Waals surface area contributed by atoms with E-state index in [2.05, 4.69) is 0 Å². The maximum absolute atomic E-state index is 12.0. The van der Waals surface area contributed by atoms with Gasteiger partial charge in [-0.3, -0.25) is 0 Å². The van der Waals surface area contributed by atoms with Gasteiger partial charge in [-0.25, -0.2) is 4.79 Å². The molecule has 0 radical (unpaired) electrons. The van der Waals surface area contributed by atoms with Crippen LogP contribution in [-0.2, 0) is 9.47 Å². The molecule has 1 aromatic rings. The highest BCUT2D eigenvalue weighted by Crippen LogP contribution is 2.36. The number of fused-ring (bicyclic) bond motifs is 1. The Balaban J connectivity index is 1.80. The predicted molar refractivity (Wildman–Crippen MR) is 61.6 cm³/mol. The number of hydrogen-bond acceptors (Lipinski definition) is 6. The van der Waals surface area contributed by atoms with Gasteiger partial charge in [-0.15, -0.1) is 0 Å². The Kier molecular flexibility index (Phi) is 2.71. The molecule has 1 unspecified atom stereocenters. The molecule has 96 valence electrons. The predicted octanol–water partition coefficient (Wildman–Crippen LogP) is 0.943. The van der Waals surface area contributed by atoms with Crippen LogP contribution in [0.15, 0.2) is 12.1 Å². The smallest absolute Gasteiger partial charge is 0.340 e. The van der Waals surface area contributed by atoms with E-state index >= 15 is 0 Å². The number of ether oxygens (including phenoxy) is 4. The summed E-state index contributed by atoms with van der Waals surface area (Å²) in [6, 6.07) is 3.12. The largest absolute Gasteiger partial charge is 0.456 e. The van der Waals surface area contributed by atoms with Crippen LogP contribution in [-0.4, -0.2) is 32.1 Å². The van der Waals surface area contributed by atoms with Crippen LogP contribution in [0.4, 0.5) is 5.69 Å². The Morgan fingerprint density at radius 2 is 2.11 bits per heavy atom. The summed E-state index contributed by atoms with van der Waals surface area (Å²) in [5, 5.41) is 0. The summed E-state index contributed by atoms with van der Waals surface area (Å²) < 4.78 is 20.8. The monoisotopic (exact) mass is 251 g/mol. The molecule has 0 aromatic heterocycles. The average Bonchev–Trinajstić information content (AvgIpc) is 2.98. The number of nitrogens with two attached hydrogens (primary N) is 1. The van der Waals surface area contributed by atoms with E-state index in [9.17, 15) is 4.79 Å². The Morgan fingerprint density at radius 3 is 2.83 bits per heavy atom. The molecule has 0 bridgehead atoms. The number of benzene rings is 1. The van der Waals surface area contributed by atoms with Crippen molar-refractivity contribution in [1.29, 1.82) is 0 Å². The molecule has 6 nitrogen and oxygen atoms in total. The zero-order chi connectivity index (χ0) is 12.5. The van der Waals surface area contributed by atoms with Gasteiger partial charge in [0.1, 0.15) is 6.10 Å². The number of esters is 1. The number of hydrogen-bond donors (Lipinski definition) is 1. The van der Waals surface area contributed by atoms with Crippen molar-refractivity contribution >= 4 is 11.7 Å². The summed E-state index contributed by atoms with van der Waals surface area (Å²) in [4.78, 5) is 12.0. The third-order valence-electron chi connectivity index (χ3n) is 2.93. The van der Waals surface area contributed by atoms with Crippen molar-refractivity contribution in [2.24, 2.45) is 0 Å². The molecule has 1 atom stereocenters. The average molecular weight is 251 g/mol. The Bertz CT molecular complexity index is 482. The maximum atomic E-state index is 12.0. The van der Waals surface area contributed by atoms with E-state index in [4.69, 9.17) is 24.7 Å². The minimum atomic E-state index is -0.457. The SMILES string of the molecule is Nc1cc2c(cc1C(=O)OC1CCOC1)OCO2. The summed E-state index contributed by atoms with van der Waals surface area (Å²) in [7, 11) is 0. The molecular weight excluding hydrogens is 238 g/mol. The van der Waals surface area contributed by atoms with E-state index in [-0.39, 0.29) is 12.9 Å². The third-order valence-corrected chi connectivity index (χ3v) is 2.93. The van der Waals surface area contributed by atoms with Crippen LogP contribution in [0.25, 0.3) is 0 Å². The topological polar surface area (TPSA) is 80.0 Å². The molecular formula is C12H13NO5. The van der Waals surface area contributed by atoms with Crippen molar-refractivity contribution in [2.75, 3.05) is 25.7 Å². The van der Waals surface area contributed by atoms with Gasteiger partial charge in [-0.1, -0.05) is 0 Å². The minimum absolute atomic E-state index is 0.143. The van der Waals surface area contributed by atoms with E-state index in [0.717, 1.165) is 6.42 Å². The molecule has 6 heteroatoms. The van der Waals surface area contributed by atoms with Crippen LogP contribution < -0.4 is 15.2 Å². The molecule has 3 rings (SSSR count). The zero-order valence-electron chi connectivity index (χ0n) is 9.68. The second-order valence-electron chi connectivity index (χ2n) is 4.18. The van der Waals surface area contributed by atoms with Crippen molar-refractivity contribution in [3.05, 3.63) is 17.7 Å². The summed E-state index contributed by atoms with van der Waals surface area (Å²) in [5.74, 6) is 0.605. The van der Waals surface area contributed by atoms with E-state index in [1.807, 2.05) is 0 Å². The highest BCUT2D eigenvalue weighted by atomic mass is 16.7. The van der Waals surface area contributed by atoms with Gasteiger partial charge in [0.25, 0.3) is 0 Å². The number of anilines is 1. The maximum Gasteiger partial charge on any atom is 0.340 e. The van der Waals surface area contributed by atoms with Crippen LogP contribution in [0.3, 0.4) is 0 Å². The quantitative estimate of drug-likeness (QED) is 0.622. The lowest BCUT2D eigenvalue weighted by atomic mass is 10.1. The standard InChI is InChI=1S/C12H13NO5/c13-9-4-11-10(16-6-17-11)3-8(9)12(14)18-7-1-2-15-5-7/h3-4,7H,1-2,5-6,13H2. The molecule has 18 heavy (non-hydrogen) atoms. The van der Waals surface area contributed by atoms with Crippen LogP contribution in [0.5, 0.6) is 11.5 Å². The third kappa shape index (κ3) is 1.95. The molecule has 2 heterocycles. The lowest BCUT2D eigenvalue weighted by Crippen LogP contribution is -2.19. The second-order valence-corrected chi connectivity index (χ2v) is 4.18. The number of carbonyl (C=O) groups is 1. The van der Waals surface area contributed by atoms with Gasteiger partial charge in [0.15, 0.2) is 11.5 Å². The van der Waals surface area contributed by atoms with Crippen molar-refractivity contribution < 1.29 is 23.7 Å². The molecule has 2 N–H and O–H groups in total. The first-order chi connectivity index (χ1) is 8.74. The van der Waals surface area contributed by atoms with Crippen molar-refractivity contribution in [2.45, 2.75) is 12.5 Å². The summed E-state index contributed by atoms with van der Waals surface area (Å²) in [5.41, 5.74) is 6.42. The van der Waals surface area contributed by atoms with Gasteiger partial charge >= 0.3 is 5.97 Å². The Morgan fingerprint density at radius 1 is 1.33 bits per heavy atom. The summed E-state index contributed by atoms with van der Waals surface area (Å²) in [6.45, 7) is 1.20. The molecule has 2 aliphatic rings. The fourth-order valence-electron chi connectivity index (χ4n) is 1.96. The normalized spacial score (nSPS) is 21.0. The molecule has 1 aromatic carbocycles. The van der Waals surface area contributed by atoms with Gasteiger partial charge in [0.05, 0.1) is 24.5 Å². The van der Waals surface area contributed by atoms with Gasteiger partial charge in [-0.05, 0) is 0 Å². The lowest BCUT2D eigenvalue weighted by Gasteiger charge is -2.11. The molecule has 1 fully saturated rings. The molecule has 0 aliphatic carbocycles. The van der Waals surface area contributed by atoms with E-state index < -0.39 is 5.97 Å². The molecule has 0 saturated carbocycles. The van der Waals surface area contributed by atoms with Gasteiger partial charge < -0.3 is 24.7 Å².